The maximum atomic E-state index is 13.7. The normalized spacial score (nSPS) is 16.5. The van der Waals surface area contributed by atoms with Gasteiger partial charge in [0.1, 0.15) is 17.5 Å². The minimum Gasteiger partial charge on any atom is -0.493 e. The van der Waals surface area contributed by atoms with Crippen LogP contribution in [0.3, 0.4) is 0 Å². The Hall–Kier alpha value is -4.19. The molecule has 256 valence electrons. The Morgan fingerprint density at radius 3 is 2.30 bits per heavy atom. The molecule has 2 N–H and O–H groups in total. The van der Waals surface area contributed by atoms with E-state index in [1.54, 1.807) is 15.9 Å². The molecule has 1 aromatic heterocycles. The number of nitrogens with one attached hydrogen (secondary N) is 1. The van der Waals surface area contributed by atoms with Crippen LogP contribution in [0.4, 0.5) is 4.79 Å². The Bertz CT molecular complexity index is 1340. The summed E-state index contributed by atoms with van der Waals surface area (Å²) in [5, 5.41) is 12.1. The van der Waals surface area contributed by atoms with E-state index in [1.165, 1.54) is 0 Å². The topological polar surface area (TPSA) is 142 Å². The number of hydrogen-bond donors (Lipinski definition) is 2. The van der Waals surface area contributed by atoms with Crippen molar-refractivity contribution in [3.63, 3.8) is 0 Å². The third-order valence-electron chi connectivity index (χ3n) is 8.79. The van der Waals surface area contributed by atoms with Gasteiger partial charge in [0, 0.05) is 56.3 Å². The predicted molar refractivity (Wildman–Crippen MR) is 177 cm³/mol. The van der Waals surface area contributed by atoms with Crippen molar-refractivity contribution in [3.05, 3.63) is 48.2 Å². The number of benzene rings is 1. The smallest absolute Gasteiger partial charge is 0.409 e. The highest BCUT2D eigenvalue weighted by Crippen LogP contribution is 2.26. The van der Waals surface area contributed by atoms with Gasteiger partial charge in [0.15, 0.2) is 0 Å². The van der Waals surface area contributed by atoms with Crippen LogP contribution in [0.5, 0.6) is 5.75 Å². The maximum absolute atomic E-state index is 13.7. The molecular weight excluding hydrogens is 602 g/mol. The zero-order valence-corrected chi connectivity index (χ0v) is 27.9. The van der Waals surface area contributed by atoms with Crippen LogP contribution < -0.4 is 10.1 Å². The number of aliphatic carboxylic acids is 1. The van der Waals surface area contributed by atoms with E-state index in [2.05, 4.69) is 29.0 Å². The summed E-state index contributed by atoms with van der Waals surface area (Å²) in [7, 11) is 0. The van der Waals surface area contributed by atoms with Crippen molar-refractivity contribution in [2.45, 2.75) is 71.4 Å². The van der Waals surface area contributed by atoms with Crippen LogP contribution in [-0.4, -0.2) is 113 Å². The summed E-state index contributed by atoms with van der Waals surface area (Å²) in [6.45, 7) is 10.4. The first-order valence-electron chi connectivity index (χ1n) is 16.8. The van der Waals surface area contributed by atoms with Crippen LogP contribution in [-0.2, 0) is 14.3 Å². The number of carboxylic acids is 1. The van der Waals surface area contributed by atoms with Gasteiger partial charge in [-0.15, -0.1) is 0 Å². The summed E-state index contributed by atoms with van der Waals surface area (Å²) >= 11 is 0. The molecule has 0 spiro atoms. The molecule has 0 radical (unpaired) electrons. The minimum atomic E-state index is -1.08. The first kappa shape index (κ1) is 35.7. The fourth-order valence-electron chi connectivity index (χ4n) is 5.79. The molecule has 1 atom stereocenters. The standard InChI is InChI=1S/C35H49N5O7/c1-4-5-21-46-35(45)40-19-17-39(18-20-40)34(44)29(11-12-32(41)42)37-33(43)31-23-28(22-30(36-31)27-9-7-6-8-10-27)47-24-26-13-15-38(16-14-26)25(2)3/h6-10,22-23,25-26,29H,4-5,11-21,24H2,1-3H3,(H,37,43)(H,41,42)/t29-/m0/s1. The second-order valence-electron chi connectivity index (χ2n) is 12.6. The lowest BCUT2D eigenvalue weighted by Crippen LogP contribution is -2.56. The van der Waals surface area contributed by atoms with E-state index in [1.807, 2.05) is 43.3 Å². The second kappa shape index (κ2) is 17.7. The molecule has 3 amide bonds. The molecule has 3 heterocycles. The van der Waals surface area contributed by atoms with Crippen LogP contribution in [0, 0.1) is 5.92 Å². The average molecular weight is 652 g/mol. The number of piperidine rings is 1. The number of piperazine rings is 1. The highest BCUT2D eigenvalue weighted by atomic mass is 16.6. The lowest BCUT2D eigenvalue weighted by molar-refractivity contribution is -0.138. The highest BCUT2D eigenvalue weighted by Gasteiger charge is 2.31. The van der Waals surface area contributed by atoms with E-state index < -0.39 is 29.9 Å². The van der Waals surface area contributed by atoms with E-state index in [-0.39, 0.29) is 44.7 Å². The van der Waals surface area contributed by atoms with Gasteiger partial charge in [-0.2, -0.15) is 0 Å². The SMILES string of the molecule is CCCCOC(=O)N1CCN(C(=O)[C@H](CCC(=O)O)NC(=O)c2cc(OCC3CCN(C(C)C)CC3)cc(-c3ccccc3)n2)CC1. The van der Waals surface area contributed by atoms with E-state index in [4.69, 9.17) is 9.47 Å². The molecule has 2 saturated heterocycles. The summed E-state index contributed by atoms with van der Waals surface area (Å²) in [5.41, 5.74) is 1.43. The number of hydrogen-bond acceptors (Lipinski definition) is 8. The Labute approximate surface area is 277 Å². The van der Waals surface area contributed by atoms with E-state index in [0.29, 0.717) is 36.6 Å². The van der Waals surface area contributed by atoms with Crippen molar-refractivity contribution < 1.29 is 33.8 Å². The largest absolute Gasteiger partial charge is 0.493 e. The van der Waals surface area contributed by atoms with Crippen molar-refractivity contribution in [2.24, 2.45) is 5.92 Å². The molecule has 2 aromatic rings. The van der Waals surface area contributed by atoms with Gasteiger partial charge < -0.3 is 34.6 Å². The van der Waals surface area contributed by atoms with Crippen LogP contribution in [0.25, 0.3) is 11.3 Å². The van der Waals surface area contributed by atoms with Crippen LogP contribution in [0.2, 0.25) is 0 Å². The van der Waals surface area contributed by atoms with Crippen molar-refractivity contribution >= 4 is 23.9 Å². The molecule has 47 heavy (non-hydrogen) atoms. The molecule has 1 aromatic carbocycles. The number of carbonyl (C=O) groups excluding carboxylic acids is 3. The number of carboxylic acid groups (broad SMARTS) is 1. The van der Waals surface area contributed by atoms with Gasteiger partial charge in [-0.05, 0) is 58.5 Å². The first-order valence-corrected chi connectivity index (χ1v) is 16.8. The Balaban J connectivity index is 1.46. The van der Waals surface area contributed by atoms with Gasteiger partial charge >= 0.3 is 12.1 Å². The van der Waals surface area contributed by atoms with Gasteiger partial charge in [-0.25, -0.2) is 9.78 Å². The molecule has 0 unspecified atom stereocenters. The highest BCUT2D eigenvalue weighted by molar-refractivity contribution is 5.97. The third-order valence-corrected chi connectivity index (χ3v) is 8.79. The number of carbonyl (C=O) groups is 4. The Morgan fingerprint density at radius 1 is 0.979 bits per heavy atom. The van der Waals surface area contributed by atoms with Gasteiger partial charge in [-0.1, -0.05) is 43.7 Å². The maximum Gasteiger partial charge on any atom is 0.409 e. The first-order chi connectivity index (χ1) is 22.6. The number of aromatic nitrogens is 1. The molecule has 12 heteroatoms. The lowest BCUT2D eigenvalue weighted by atomic mass is 9.97. The van der Waals surface area contributed by atoms with E-state index >= 15 is 0 Å². The number of rotatable bonds is 14. The number of likely N-dealkylation sites (tertiary alicyclic amines) is 1. The number of pyridine rings is 1. The summed E-state index contributed by atoms with van der Waals surface area (Å²) in [5.74, 6) is -1.17. The Morgan fingerprint density at radius 2 is 1.66 bits per heavy atom. The minimum absolute atomic E-state index is 0.0729. The number of ether oxygens (including phenoxy) is 2. The van der Waals surface area contributed by atoms with Crippen LogP contribution in [0.15, 0.2) is 42.5 Å². The van der Waals surface area contributed by atoms with Gasteiger partial charge in [0.2, 0.25) is 5.91 Å². The number of unbranched alkanes of at least 4 members (excludes halogenated alkanes) is 1. The van der Waals surface area contributed by atoms with Crippen molar-refractivity contribution in [2.75, 3.05) is 52.5 Å². The second-order valence-corrected chi connectivity index (χ2v) is 12.6. The van der Waals surface area contributed by atoms with Crippen LogP contribution >= 0.6 is 0 Å². The van der Waals surface area contributed by atoms with Crippen LogP contribution in [0.1, 0.15) is 69.8 Å². The molecule has 0 saturated carbocycles. The molecule has 4 rings (SSSR count). The zero-order chi connectivity index (χ0) is 33.8. The summed E-state index contributed by atoms with van der Waals surface area (Å²) in [6, 6.07) is 12.3. The summed E-state index contributed by atoms with van der Waals surface area (Å²) in [4.78, 5) is 61.3. The molecule has 0 bridgehead atoms. The average Bonchev–Trinajstić information content (AvgIpc) is 3.09. The van der Waals surface area contributed by atoms with Gasteiger partial charge in [0.05, 0.1) is 18.9 Å². The molecular formula is C35H49N5O7. The predicted octanol–water partition coefficient (Wildman–Crippen LogP) is 4.29. The van der Waals surface area contributed by atoms with Crippen molar-refractivity contribution in [1.82, 2.24) is 25.0 Å². The zero-order valence-electron chi connectivity index (χ0n) is 27.9. The van der Waals surface area contributed by atoms with Gasteiger partial charge in [0.25, 0.3) is 5.91 Å². The van der Waals surface area contributed by atoms with E-state index in [0.717, 1.165) is 44.3 Å². The fourth-order valence-corrected chi connectivity index (χ4v) is 5.79. The van der Waals surface area contributed by atoms with Crippen molar-refractivity contribution in [3.8, 4) is 17.0 Å². The summed E-state index contributed by atoms with van der Waals surface area (Å²) in [6.07, 6.45) is 2.96. The molecule has 12 nitrogen and oxygen atoms in total. The molecule has 2 fully saturated rings. The Kier molecular flexibility index (Phi) is 13.4. The monoisotopic (exact) mass is 651 g/mol. The summed E-state index contributed by atoms with van der Waals surface area (Å²) < 4.78 is 11.5. The van der Waals surface area contributed by atoms with E-state index in [9.17, 15) is 24.3 Å². The fraction of sp³-hybridized carbons (Fsp3) is 0.571. The third kappa shape index (κ3) is 10.7. The molecule has 0 aliphatic carbocycles. The number of nitrogens with zero attached hydrogens (tertiary/aromatic N) is 4. The lowest BCUT2D eigenvalue weighted by Gasteiger charge is -2.36. The molecule has 2 aliphatic rings. The number of amides is 3. The van der Waals surface area contributed by atoms with Crippen molar-refractivity contribution in [1.29, 1.82) is 0 Å². The molecule has 2 aliphatic heterocycles. The van der Waals surface area contributed by atoms with Gasteiger partial charge in [-0.3, -0.25) is 14.4 Å². The quantitative estimate of drug-likeness (QED) is 0.286.